The lowest BCUT2D eigenvalue weighted by Gasteiger charge is -2.20. The normalized spacial score (nSPS) is 15.4. The van der Waals surface area contributed by atoms with Crippen LogP contribution in [0, 0.1) is 0 Å². The van der Waals surface area contributed by atoms with Crippen molar-refractivity contribution in [3.8, 4) is 0 Å². The topological polar surface area (TPSA) is 64.9 Å². The highest BCUT2D eigenvalue weighted by atomic mass is 16.5. The third-order valence-electron chi connectivity index (χ3n) is 2.69. The molecule has 1 heterocycles. The molecule has 80 valence electrons. The second kappa shape index (κ2) is 4.55. The molecule has 1 rings (SSSR count). The maximum absolute atomic E-state index is 5.71. The zero-order valence-electron chi connectivity index (χ0n) is 9.21. The summed E-state index contributed by atoms with van der Waals surface area (Å²) in [5, 5.41) is 3.93. The van der Waals surface area contributed by atoms with Crippen molar-refractivity contribution in [1.82, 2.24) is 10.1 Å². The second-order valence-electron chi connectivity index (χ2n) is 3.88. The SMILES string of the molecule is CCCc1noc(C(C)(CC)CN)n1. The summed E-state index contributed by atoms with van der Waals surface area (Å²) in [6, 6.07) is 0. The van der Waals surface area contributed by atoms with Crippen molar-refractivity contribution >= 4 is 0 Å². The Morgan fingerprint density at radius 2 is 2.14 bits per heavy atom. The van der Waals surface area contributed by atoms with Crippen LogP contribution in [0.25, 0.3) is 0 Å². The van der Waals surface area contributed by atoms with E-state index in [1.807, 2.05) is 0 Å². The lowest BCUT2D eigenvalue weighted by molar-refractivity contribution is 0.289. The monoisotopic (exact) mass is 197 g/mol. The number of aromatic nitrogens is 2. The van der Waals surface area contributed by atoms with Gasteiger partial charge in [-0.3, -0.25) is 0 Å². The number of hydrogen-bond donors (Lipinski definition) is 1. The molecule has 0 spiro atoms. The van der Waals surface area contributed by atoms with Crippen LogP contribution in [0.15, 0.2) is 4.52 Å². The fourth-order valence-corrected chi connectivity index (χ4v) is 1.21. The zero-order chi connectivity index (χ0) is 10.6. The largest absolute Gasteiger partial charge is 0.339 e. The van der Waals surface area contributed by atoms with Gasteiger partial charge in [-0.05, 0) is 19.8 Å². The molecule has 4 heteroatoms. The molecule has 0 bridgehead atoms. The fraction of sp³-hybridized carbons (Fsp3) is 0.800. The van der Waals surface area contributed by atoms with Crippen LogP contribution in [0.1, 0.15) is 45.3 Å². The second-order valence-corrected chi connectivity index (χ2v) is 3.88. The van der Waals surface area contributed by atoms with Crippen molar-refractivity contribution in [1.29, 1.82) is 0 Å². The van der Waals surface area contributed by atoms with Gasteiger partial charge in [0.15, 0.2) is 5.82 Å². The van der Waals surface area contributed by atoms with E-state index in [0.29, 0.717) is 12.4 Å². The van der Waals surface area contributed by atoms with Crippen LogP contribution in [0.3, 0.4) is 0 Å². The van der Waals surface area contributed by atoms with Gasteiger partial charge >= 0.3 is 0 Å². The maximum Gasteiger partial charge on any atom is 0.233 e. The van der Waals surface area contributed by atoms with Gasteiger partial charge in [-0.25, -0.2) is 0 Å². The highest BCUT2D eigenvalue weighted by Crippen LogP contribution is 2.24. The quantitative estimate of drug-likeness (QED) is 0.779. The van der Waals surface area contributed by atoms with E-state index in [-0.39, 0.29) is 5.41 Å². The van der Waals surface area contributed by atoms with Crippen molar-refractivity contribution in [2.24, 2.45) is 5.73 Å². The molecular formula is C10H19N3O. The van der Waals surface area contributed by atoms with Crippen LogP contribution in [0.2, 0.25) is 0 Å². The summed E-state index contributed by atoms with van der Waals surface area (Å²) in [6.07, 6.45) is 2.82. The van der Waals surface area contributed by atoms with Gasteiger partial charge in [0.1, 0.15) is 0 Å². The van der Waals surface area contributed by atoms with E-state index in [4.69, 9.17) is 10.3 Å². The minimum Gasteiger partial charge on any atom is -0.339 e. The average Bonchev–Trinajstić information content (AvgIpc) is 2.66. The molecular weight excluding hydrogens is 178 g/mol. The molecule has 0 aliphatic carbocycles. The minimum absolute atomic E-state index is 0.168. The molecule has 1 aromatic rings. The third kappa shape index (κ3) is 2.12. The summed E-state index contributed by atoms with van der Waals surface area (Å²) in [6.45, 7) is 6.77. The molecule has 1 unspecified atom stereocenters. The van der Waals surface area contributed by atoms with Gasteiger partial charge in [0.25, 0.3) is 0 Å². The van der Waals surface area contributed by atoms with Crippen molar-refractivity contribution < 1.29 is 4.52 Å². The van der Waals surface area contributed by atoms with E-state index in [1.165, 1.54) is 0 Å². The van der Waals surface area contributed by atoms with Crippen LogP contribution in [0.4, 0.5) is 0 Å². The molecule has 0 aromatic carbocycles. The molecule has 14 heavy (non-hydrogen) atoms. The average molecular weight is 197 g/mol. The van der Waals surface area contributed by atoms with Gasteiger partial charge < -0.3 is 10.3 Å². The Kier molecular flexibility index (Phi) is 3.63. The number of aryl methyl sites for hydroxylation is 1. The van der Waals surface area contributed by atoms with Crippen LogP contribution in [-0.2, 0) is 11.8 Å². The summed E-state index contributed by atoms with van der Waals surface area (Å²) < 4.78 is 5.22. The van der Waals surface area contributed by atoms with E-state index >= 15 is 0 Å². The van der Waals surface area contributed by atoms with Gasteiger partial charge in [0.2, 0.25) is 5.89 Å². The van der Waals surface area contributed by atoms with Crippen molar-refractivity contribution in [2.75, 3.05) is 6.54 Å². The molecule has 0 saturated heterocycles. The molecule has 0 amide bonds. The van der Waals surface area contributed by atoms with Crippen LogP contribution in [-0.4, -0.2) is 16.7 Å². The molecule has 1 aromatic heterocycles. The first-order chi connectivity index (χ1) is 6.66. The molecule has 1 atom stereocenters. The number of nitrogens with two attached hydrogens (primary N) is 1. The zero-order valence-corrected chi connectivity index (χ0v) is 9.21. The Morgan fingerprint density at radius 1 is 1.43 bits per heavy atom. The van der Waals surface area contributed by atoms with E-state index in [0.717, 1.165) is 25.1 Å². The van der Waals surface area contributed by atoms with E-state index in [9.17, 15) is 0 Å². The third-order valence-corrected chi connectivity index (χ3v) is 2.69. The van der Waals surface area contributed by atoms with Crippen LogP contribution < -0.4 is 5.73 Å². The standard InChI is InChI=1S/C10H19N3O/c1-4-6-8-12-9(14-13-8)10(3,5-2)7-11/h4-7,11H2,1-3H3. The predicted octanol–water partition coefficient (Wildman–Crippen LogP) is 1.65. The van der Waals surface area contributed by atoms with Gasteiger partial charge in [-0.2, -0.15) is 4.98 Å². The molecule has 0 fully saturated rings. The summed E-state index contributed by atoms with van der Waals surface area (Å²) in [5.74, 6) is 1.46. The van der Waals surface area contributed by atoms with Crippen molar-refractivity contribution in [2.45, 2.75) is 45.4 Å². The fourth-order valence-electron chi connectivity index (χ4n) is 1.21. The number of nitrogens with zero attached hydrogens (tertiary/aromatic N) is 2. The predicted molar refractivity (Wildman–Crippen MR) is 55.0 cm³/mol. The highest BCUT2D eigenvalue weighted by molar-refractivity contribution is 5.03. The molecule has 4 nitrogen and oxygen atoms in total. The van der Waals surface area contributed by atoms with Crippen LogP contribution >= 0.6 is 0 Å². The Balaban J connectivity index is 2.84. The molecule has 2 N–H and O–H groups in total. The van der Waals surface area contributed by atoms with Gasteiger partial charge in [-0.15, -0.1) is 0 Å². The number of hydrogen-bond acceptors (Lipinski definition) is 4. The minimum atomic E-state index is -0.168. The van der Waals surface area contributed by atoms with Gasteiger partial charge in [0.05, 0.1) is 5.41 Å². The van der Waals surface area contributed by atoms with Gasteiger partial charge in [-0.1, -0.05) is 19.0 Å². The maximum atomic E-state index is 5.71. The van der Waals surface area contributed by atoms with E-state index < -0.39 is 0 Å². The first kappa shape index (κ1) is 11.2. The van der Waals surface area contributed by atoms with Crippen molar-refractivity contribution in [3.63, 3.8) is 0 Å². The summed E-state index contributed by atoms with van der Waals surface area (Å²) in [4.78, 5) is 4.36. The molecule has 0 aliphatic rings. The first-order valence-electron chi connectivity index (χ1n) is 5.19. The summed E-state index contributed by atoms with van der Waals surface area (Å²) in [7, 11) is 0. The van der Waals surface area contributed by atoms with E-state index in [2.05, 4.69) is 30.9 Å². The summed E-state index contributed by atoms with van der Waals surface area (Å²) >= 11 is 0. The Hall–Kier alpha value is -0.900. The highest BCUT2D eigenvalue weighted by Gasteiger charge is 2.29. The molecule has 0 aliphatic heterocycles. The van der Waals surface area contributed by atoms with Crippen molar-refractivity contribution in [3.05, 3.63) is 11.7 Å². The number of rotatable bonds is 5. The van der Waals surface area contributed by atoms with E-state index in [1.54, 1.807) is 0 Å². The molecule has 0 saturated carbocycles. The first-order valence-corrected chi connectivity index (χ1v) is 5.19. The Labute approximate surface area is 84.9 Å². The smallest absolute Gasteiger partial charge is 0.233 e. The Morgan fingerprint density at radius 3 is 2.64 bits per heavy atom. The molecule has 0 radical (unpaired) electrons. The van der Waals surface area contributed by atoms with Crippen LogP contribution in [0.5, 0.6) is 0 Å². The lowest BCUT2D eigenvalue weighted by Crippen LogP contribution is -2.31. The lowest BCUT2D eigenvalue weighted by atomic mass is 9.88. The summed E-state index contributed by atoms with van der Waals surface area (Å²) in [5.41, 5.74) is 5.54. The van der Waals surface area contributed by atoms with Gasteiger partial charge in [0, 0.05) is 13.0 Å². The Bertz CT molecular complexity index is 279.